The van der Waals surface area contributed by atoms with Crippen LogP contribution in [-0.2, 0) is 9.31 Å². The van der Waals surface area contributed by atoms with Gasteiger partial charge in [-0.2, -0.15) is 0 Å². The van der Waals surface area contributed by atoms with Crippen LogP contribution >= 0.6 is 0 Å². The van der Waals surface area contributed by atoms with Crippen LogP contribution in [0.2, 0.25) is 0 Å². The molecule has 1 heterocycles. The molecular weight excluding hydrogens is 249 g/mol. The van der Waals surface area contributed by atoms with Gasteiger partial charge in [0.1, 0.15) is 0 Å². The third-order valence-corrected chi connectivity index (χ3v) is 4.76. The molecule has 0 bridgehead atoms. The topological polar surface area (TPSA) is 44.5 Å². The fourth-order valence-corrected chi connectivity index (χ4v) is 2.63. The molecule has 3 nitrogen and oxygen atoms in total. The van der Waals surface area contributed by atoms with Crippen molar-refractivity contribution in [1.29, 1.82) is 0 Å². The summed E-state index contributed by atoms with van der Waals surface area (Å²) in [6.45, 7) is 8.27. The second-order valence-electron chi connectivity index (χ2n) is 6.97. The second kappa shape index (κ2) is 6.04. The van der Waals surface area contributed by atoms with Crippen molar-refractivity contribution in [2.24, 2.45) is 5.73 Å². The van der Waals surface area contributed by atoms with E-state index in [4.69, 9.17) is 15.0 Å². The average molecular weight is 277 g/mol. The number of hydrogen-bond donors (Lipinski definition) is 1. The first-order chi connectivity index (χ1) is 9.32. The van der Waals surface area contributed by atoms with E-state index in [9.17, 15) is 0 Å². The molecule has 1 atom stereocenters. The summed E-state index contributed by atoms with van der Waals surface area (Å²) in [5.74, 6) is -0.0456. The molecule has 4 heteroatoms. The maximum Gasteiger partial charge on any atom is 0.475 e. The van der Waals surface area contributed by atoms with Crippen LogP contribution in [0, 0.1) is 0 Å². The molecule has 0 spiro atoms. The van der Waals surface area contributed by atoms with Crippen molar-refractivity contribution < 1.29 is 9.31 Å². The van der Waals surface area contributed by atoms with Crippen molar-refractivity contribution in [3.63, 3.8) is 0 Å². The monoisotopic (exact) mass is 277 g/mol. The molecule has 1 aliphatic heterocycles. The standard InChI is InChI=1S/C16H28BNO2/c1-15(2)16(3,4)20-17(19-15)14(18)12-8-11-13-9-6-5-7-10-13/h5-6,9,14H,7-8,10-12,18H2,1-4H3/t14-/m0/s1. The summed E-state index contributed by atoms with van der Waals surface area (Å²) in [5.41, 5.74) is 7.22. The first-order valence-corrected chi connectivity index (χ1v) is 7.78. The SMILES string of the molecule is CC1(C)OB([C@@H](N)CCCC2=CC=CCC2)OC1(C)C. The van der Waals surface area contributed by atoms with Gasteiger partial charge in [0.25, 0.3) is 0 Å². The first kappa shape index (κ1) is 15.8. The highest BCUT2D eigenvalue weighted by molar-refractivity contribution is 6.47. The Balaban J connectivity index is 1.77. The molecule has 112 valence electrons. The minimum atomic E-state index is -0.286. The Labute approximate surface area is 123 Å². The van der Waals surface area contributed by atoms with E-state index >= 15 is 0 Å². The minimum absolute atomic E-state index is 0.0456. The molecule has 2 N–H and O–H groups in total. The molecule has 20 heavy (non-hydrogen) atoms. The maximum absolute atomic E-state index is 6.25. The van der Waals surface area contributed by atoms with Gasteiger partial charge in [0, 0.05) is 5.94 Å². The lowest BCUT2D eigenvalue weighted by Crippen LogP contribution is -2.41. The van der Waals surface area contributed by atoms with Crippen LogP contribution in [0.15, 0.2) is 23.8 Å². The summed E-state index contributed by atoms with van der Waals surface area (Å²) >= 11 is 0. The number of hydrogen-bond acceptors (Lipinski definition) is 3. The molecule has 0 aromatic rings. The molecular formula is C16H28BNO2. The second-order valence-corrected chi connectivity index (χ2v) is 6.97. The molecule has 0 saturated carbocycles. The van der Waals surface area contributed by atoms with E-state index in [0.717, 1.165) is 19.3 Å². The maximum atomic E-state index is 6.25. The normalized spacial score (nSPS) is 25.6. The molecule has 0 aromatic heterocycles. The average Bonchev–Trinajstić information content (AvgIpc) is 2.60. The third-order valence-electron chi connectivity index (χ3n) is 4.76. The fraction of sp³-hybridized carbons (Fsp3) is 0.750. The van der Waals surface area contributed by atoms with Crippen molar-refractivity contribution >= 4 is 7.12 Å². The summed E-state index contributed by atoms with van der Waals surface area (Å²) in [4.78, 5) is 0. The van der Waals surface area contributed by atoms with Crippen LogP contribution in [0.25, 0.3) is 0 Å². The molecule has 2 rings (SSSR count). The minimum Gasteiger partial charge on any atom is -0.402 e. The summed E-state index contributed by atoms with van der Waals surface area (Å²) in [7, 11) is -0.278. The molecule has 2 aliphatic rings. The third kappa shape index (κ3) is 3.54. The van der Waals surface area contributed by atoms with Gasteiger partial charge in [0.05, 0.1) is 11.2 Å². The highest BCUT2D eigenvalue weighted by atomic mass is 16.7. The molecule has 0 amide bonds. The predicted octanol–water partition coefficient (Wildman–Crippen LogP) is 3.39. The lowest BCUT2D eigenvalue weighted by molar-refractivity contribution is 0.00578. The Kier molecular flexibility index (Phi) is 4.78. The van der Waals surface area contributed by atoms with E-state index < -0.39 is 0 Å². The first-order valence-electron chi connectivity index (χ1n) is 7.78. The number of allylic oxidation sites excluding steroid dienone is 4. The summed E-state index contributed by atoms with van der Waals surface area (Å²) in [6.07, 6.45) is 12.2. The van der Waals surface area contributed by atoms with Crippen molar-refractivity contribution in [3.8, 4) is 0 Å². The van der Waals surface area contributed by atoms with Gasteiger partial charge in [-0.1, -0.05) is 23.8 Å². The Morgan fingerprint density at radius 2 is 1.90 bits per heavy atom. The molecule has 0 unspecified atom stereocenters. The van der Waals surface area contributed by atoms with Gasteiger partial charge in [-0.3, -0.25) is 0 Å². The molecule has 0 aromatic carbocycles. The highest BCUT2D eigenvalue weighted by Crippen LogP contribution is 2.37. The van der Waals surface area contributed by atoms with Crippen LogP contribution in [0.1, 0.15) is 59.8 Å². The van der Waals surface area contributed by atoms with Crippen LogP contribution < -0.4 is 5.73 Å². The quantitative estimate of drug-likeness (QED) is 0.783. The van der Waals surface area contributed by atoms with E-state index in [0.29, 0.717) is 0 Å². The lowest BCUT2D eigenvalue weighted by atomic mass is 9.76. The number of rotatable bonds is 5. The van der Waals surface area contributed by atoms with E-state index in [1.54, 1.807) is 0 Å². The van der Waals surface area contributed by atoms with Crippen LogP contribution in [-0.4, -0.2) is 24.3 Å². The summed E-state index contributed by atoms with van der Waals surface area (Å²) in [5, 5.41) is 0. The van der Waals surface area contributed by atoms with Crippen LogP contribution in [0.4, 0.5) is 0 Å². The van der Waals surface area contributed by atoms with Gasteiger partial charge in [-0.25, -0.2) is 0 Å². The zero-order valence-corrected chi connectivity index (χ0v) is 13.3. The van der Waals surface area contributed by atoms with Crippen molar-refractivity contribution in [2.75, 3.05) is 0 Å². The smallest absolute Gasteiger partial charge is 0.402 e. The zero-order valence-electron chi connectivity index (χ0n) is 13.3. The zero-order chi connectivity index (χ0) is 14.8. The van der Waals surface area contributed by atoms with Crippen LogP contribution in [0.3, 0.4) is 0 Å². The van der Waals surface area contributed by atoms with Crippen LogP contribution in [0.5, 0.6) is 0 Å². The van der Waals surface area contributed by atoms with Gasteiger partial charge in [-0.05, 0) is 59.8 Å². The predicted molar refractivity (Wildman–Crippen MR) is 84.4 cm³/mol. The molecule has 0 radical (unpaired) electrons. The van der Waals surface area contributed by atoms with E-state index in [-0.39, 0.29) is 24.3 Å². The van der Waals surface area contributed by atoms with Crippen molar-refractivity contribution in [1.82, 2.24) is 0 Å². The Morgan fingerprint density at radius 1 is 1.25 bits per heavy atom. The Morgan fingerprint density at radius 3 is 2.45 bits per heavy atom. The van der Waals surface area contributed by atoms with E-state index in [2.05, 4.69) is 45.9 Å². The largest absolute Gasteiger partial charge is 0.475 e. The highest BCUT2D eigenvalue weighted by Gasteiger charge is 2.52. The molecule has 1 aliphatic carbocycles. The van der Waals surface area contributed by atoms with Gasteiger partial charge < -0.3 is 15.0 Å². The van der Waals surface area contributed by atoms with E-state index in [1.807, 2.05) is 0 Å². The van der Waals surface area contributed by atoms with Crippen molar-refractivity contribution in [2.45, 2.75) is 76.9 Å². The summed E-state index contributed by atoms with van der Waals surface area (Å²) < 4.78 is 12.0. The lowest BCUT2D eigenvalue weighted by Gasteiger charge is -2.32. The van der Waals surface area contributed by atoms with Gasteiger partial charge in [0.15, 0.2) is 0 Å². The molecule has 1 saturated heterocycles. The van der Waals surface area contributed by atoms with Gasteiger partial charge >= 0.3 is 7.12 Å². The Bertz CT molecular complexity index is 385. The fourth-order valence-electron chi connectivity index (χ4n) is 2.63. The van der Waals surface area contributed by atoms with Gasteiger partial charge in [0.2, 0.25) is 0 Å². The number of nitrogens with two attached hydrogens (primary N) is 1. The van der Waals surface area contributed by atoms with E-state index in [1.165, 1.54) is 18.4 Å². The van der Waals surface area contributed by atoms with Gasteiger partial charge in [-0.15, -0.1) is 0 Å². The Hall–Kier alpha value is -0.575. The van der Waals surface area contributed by atoms with Crippen molar-refractivity contribution in [3.05, 3.63) is 23.8 Å². The summed E-state index contributed by atoms with van der Waals surface area (Å²) in [6, 6.07) is 0. The molecule has 1 fully saturated rings.